The van der Waals surface area contributed by atoms with Crippen molar-refractivity contribution in [2.45, 2.75) is 52.1 Å². The highest BCUT2D eigenvalue weighted by Gasteiger charge is 2.31. The minimum absolute atomic E-state index is 0.113. The number of hydrogen-bond acceptors (Lipinski definition) is 4. The van der Waals surface area contributed by atoms with Crippen molar-refractivity contribution >= 4 is 11.9 Å². The maximum Gasteiger partial charge on any atom is 0.332 e. The van der Waals surface area contributed by atoms with Crippen molar-refractivity contribution in [2.75, 3.05) is 6.61 Å². The zero-order chi connectivity index (χ0) is 13.7. The standard InChI is InChI=1S/C13H24N2O3/c1-4-18-13(17)11(14)12(16)15-10-7-5-6-8(2)9(10)3/h8-11H,4-7,14H2,1-3H3,(H,15,16). The smallest absolute Gasteiger partial charge is 0.332 e. The fourth-order valence-corrected chi connectivity index (χ4v) is 2.40. The molecule has 0 aromatic rings. The molecule has 1 aliphatic rings. The predicted molar refractivity (Wildman–Crippen MR) is 68.7 cm³/mol. The van der Waals surface area contributed by atoms with E-state index in [1.807, 2.05) is 0 Å². The summed E-state index contributed by atoms with van der Waals surface area (Å²) in [5.74, 6) is -0.0918. The molecule has 4 atom stereocenters. The maximum absolute atomic E-state index is 11.8. The van der Waals surface area contributed by atoms with Gasteiger partial charge in [-0.25, -0.2) is 4.79 Å². The molecule has 0 heterocycles. The zero-order valence-corrected chi connectivity index (χ0v) is 11.4. The molecule has 0 spiro atoms. The first kappa shape index (κ1) is 15.0. The van der Waals surface area contributed by atoms with E-state index in [4.69, 9.17) is 10.5 Å². The Morgan fingerprint density at radius 2 is 2.06 bits per heavy atom. The van der Waals surface area contributed by atoms with Gasteiger partial charge in [-0.05, 0) is 25.2 Å². The summed E-state index contributed by atoms with van der Waals surface area (Å²) in [5, 5.41) is 2.87. The van der Waals surface area contributed by atoms with Gasteiger partial charge in [0, 0.05) is 6.04 Å². The van der Waals surface area contributed by atoms with Crippen LogP contribution in [-0.4, -0.2) is 30.6 Å². The molecule has 1 amide bonds. The van der Waals surface area contributed by atoms with Gasteiger partial charge in [-0.15, -0.1) is 0 Å². The van der Waals surface area contributed by atoms with E-state index in [-0.39, 0.29) is 12.6 Å². The quantitative estimate of drug-likeness (QED) is 0.576. The van der Waals surface area contributed by atoms with Crippen molar-refractivity contribution in [1.82, 2.24) is 5.32 Å². The molecule has 0 aromatic heterocycles. The van der Waals surface area contributed by atoms with Gasteiger partial charge in [0.1, 0.15) is 0 Å². The lowest BCUT2D eigenvalue weighted by atomic mass is 9.78. The lowest BCUT2D eigenvalue weighted by Crippen LogP contribution is -2.52. The van der Waals surface area contributed by atoms with Crippen LogP contribution in [0.25, 0.3) is 0 Å². The number of amides is 1. The molecule has 5 nitrogen and oxygen atoms in total. The van der Waals surface area contributed by atoms with E-state index in [0.29, 0.717) is 11.8 Å². The number of nitrogens with one attached hydrogen (secondary N) is 1. The molecule has 5 heteroatoms. The lowest BCUT2D eigenvalue weighted by molar-refractivity contribution is -0.148. The van der Waals surface area contributed by atoms with Crippen LogP contribution in [0.3, 0.4) is 0 Å². The monoisotopic (exact) mass is 256 g/mol. The highest BCUT2D eigenvalue weighted by molar-refractivity contribution is 6.01. The summed E-state index contributed by atoms with van der Waals surface area (Å²) in [7, 11) is 0. The van der Waals surface area contributed by atoms with Crippen LogP contribution in [0.2, 0.25) is 0 Å². The first-order valence-electron chi connectivity index (χ1n) is 6.70. The van der Waals surface area contributed by atoms with Crippen LogP contribution in [0.4, 0.5) is 0 Å². The topological polar surface area (TPSA) is 81.4 Å². The average molecular weight is 256 g/mol. The first-order chi connectivity index (χ1) is 8.47. The molecular weight excluding hydrogens is 232 g/mol. The Balaban J connectivity index is 2.50. The Labute approximate surface area is 108 Å². The van der Waals surface area contributed by atoms with Crippen LogP contribution in [-0.2, 0) is 14.3 Å². The molecule has 0 saturated heterocycles. The summed E-state index contributed by atoms with van der Waals surface area (Å²) >= 11 is 0. The number of rotatable bonds is 4. The molecule has 1 saturated carbocycles. The number of nitrogens with two attached hydrogens (primary N) is 1. The van der Waals surface area contributed by atoms with E-state index in [1.54, 1.807) is 6.92 Å². The second kappa shape index (κ2) is 6.73. The SMILES string of the molecule is CCOC(=O)C(N)C(=O)NC1CCCC(C)C1C. The number of esters is 1. The summed E-state index contributed by atoms with van der Waals surface area (Å²) in [6, 6.07) is -1.10. The lowest BCUT2D eigenvalue weighted by Gasteiger charge is -2.34. The van der Waals surface area contributed by atoms with Gasteiger partial charge in [0.2, 0.25) is 5.91 Å². The molecule has 1 aliphatic carbocycles. The van der Waals surface area contributed by atoms with Crippen molar-refractivity contribution < 1.29 is 14.3 Å². The molecule has 4 unspecified atom stereocenters. The van der Waals surface area contributed by atoms with Gasteiger partial charge in [-0.2, -0.15) is 0 Å². The van der Waals surface area contributed by atoms with Gasteiger partial charge >= 0.3 is 5.97 Å². The second-order valence-electron chi connectivity index (χ2n) is 5.11. The number of ether oxygens (including phenoxy) is 1. The molecule has 0 bridgehead atoms. The Morgan fingerprint density at radius 3 is 2.67 bits per heavy atom. The zero-order valence-electron chi connectivity index (χ0n) is 11.4. The van der Waals surface area contributed by atoms with E-state index in [1.165, 1.54) is 6.42 Å². The summed E-state index contributed by atoms with van der Waals surface area (Å²) in [6.45, 7) is 6.24. The van der Waals surface area contributed by atoms with Gasteiger partial charge in [-0.1, -0.05) is 26.7 Å². The fraction of sp³-hybridized carbons (Fsp3) is 0.846. The van der Waals surface area contributed by atoms with Crippen LogP contribution >= 0.6 is 0 Å². The molecule has 1 rings (SSSR count). The van der Waals surface area contributed by atoms with E-state index >= 15 is 0 Å². The maximum atomic E-state index is 11.8. The first-order valence-corrected chi connectivity index (χ1v) is 6.70. The van der Waals surface area contributed by atoms with Gasteiger partial charge in [0.25, 0.3) is 0 Å². The minimum atomic E-state index is -1.21. The fourth-order valence-electron chi connectivity index (χ4n) is 2.40. The predicted octanol–water partition coefficient (Wildman–Crippen LogP) is 0.818. The largest absolute Gasteiger partial charge is 0.464 e. The third-order valence-electron chi connectivity index (χ3n) is 3.86. The van der Waals surface area contributed by atoms with Gasteiger partial charge in [-0.3, -0.25) is 4.79 Å². The number of hydrogen-bond donors (Lipinski definition) is 2. The van der Waals surface area contributed by atoms with E-state index in [9.17, 15) is 9.59 Å². The summed E-state index contributed by atoms with van der Waals surface area (Å²) < 4.78 is 4.74. The molecule has 0 radical (unpaired) electrons. The van der Waals surface area contributed by atoms with Gasteiger partial charge in [0.15, 0.2) is 6.04 Å². The van der Waals surface area contributed by atoms with E-state index in [2.05, 4.69) is 19.2 Å². The third kappa shape index (κ3) is 3.70. The summed E-state index contributed by atoms with van der Waals surface area (Å²) in [5.41, 5.74) is 5.56. The third-order valence-corrected chi connectivity index (χ3v) is 3.86. The van der Waals surface area contributed by atoms with E-state index < -0.39 is 17.9 Å². The van der Waals surface area contributed by atoms with Crippen molar-refractivity contribution in [2.24, 2.45) is 17.6 Å². The molecule has 1 fully saturated rings. The molecule has 0 aliphatic heterocycles. The van der Waals surface area contributed by atoms with Crippen LogP contribution in [0.5, 0.6) is 0 Å². The molecule has 0 aromatic carbocycles. The Kier molecular flexibility index (Phi) is 5.59. The van der Waals surface area contributed by atoms with Crippen molar-refractivity contribution in [3.05, 3.63) is 0 Å². The summed E-state index contributed by atoms with van der Waals surface area (Å²) in [4.78, 5) is 23.2. The Bertz CT molecular complexity index is 307. The second-order valence-corrected chi connectivity index (χ2v) is 5.11. The number of carbonyl (C=O) groups is 2. The normalized spacial score (nSPS) is 29.4. The van der Waals surface area contributed by atoms with Crippen LogP contribution < -0.4 is 11.1 Å². The Hall–Kier alpha value is -1.10. The van der Waals surface area contributed by atoms with Crippen molar-refractivity contribution in [3.63, 3.8) is 0 Å². The van der Waals surface area contributed by atoms with Crippen molar-refractivity contribution in [3.8, 4) is 0 Å². The summed E-state index contributed by atoms with van der Waals surface area (Å²) in [6.07, 6.45) is 3.25. The number of carbonyl (C=O) groups excluding carboxylic acids is 2. The van der Waals surface area contributed by atoms with Crippen LogP contribution in [0.1, 0.15) is 40.0 Å². The molecular formula is C13H24N2O3. The Morgan fingerprint density at radius 1 is 1.39 bits per heavy atom. The minimum Gasteiger partial charge on any atom is -0.464 e. The van der Waals surface area contributed by atoms with E-state index in [0.717, 1.165) is 12.8 Å². The molecule has 104 valence electrons. The average Bonchev–Trinajstić information content (AvgIpc) is 2.34. The van der Waals surface area contributed by atoms with Gasteiger partial charge in [0.05, 0.1) is 6.61 Å². The van der Waals surface area contributed by atoms with Crippen LogP contribution in [0, 0.1) is 11.8 Å². The highest BCUT2D eigenvalue weighted by atomic mass is 16.5. The van der Waals surface area contributed by atoms with Crippen LogP contribution in [0.15, 0.2) is 0 Å². The van der Waals surface area contributed by atoms with Gasteiger partial charge < -0.3 is 15.8 Å². The molecule has 3 N–H and O–H groups in total. The molecule has 18 heavy (non-hydrogen) atoms. The van der Waals surface area contributed by atoms with Crippen molar-refractivity contribution in [1.29, 1.82) is 0 Å². The highest BCUT2D eigenvalue weighted by Crippen LogP contribution is 2.29.